The summed E-state index contributed by atoms with van der Waals surface area (Å²) in [4.78, 5) is 1.78. The third kappa shape index (κ3) is 4.29. The monoisotopic (exact) mass is 284 g/mol. The maximum atomic E-state index is 9.11. The minimum absolute atomic E-state index is 0.104. The van der Waals surface area contributed by atoms with Crippen LogP contribution in [-0.2, 0) is 5.75 Å². The molecule has 1 aromatic rings. The first-order chi connectivity index (χ1) is 8.58. The molecule has 0 heterocycles. The number of hydrogen-bond donors (Lipinski definition) is 2. The Kier molecular flexibility index (Phi) is 6.12. The van der Waals surface area contributed by atoms with Gasteiger partial charge in [0.2, 0.25) is 0 Å². The zero-order chi connectivity index (χ0) is 13.5. The van der Waals surface area contributed by atoms with Crippen molar-refractivity contribution in [2.75, 3.05) is 13.7 Å². The molecule has 5 heteroatoms. The largest absolute Gasteiger partial charge is 0.403 e. The second kappa shape index (κ2) is 7.36. The SMILES string of the molecule is C=C(SCc1ccc(Cl)cc1)N(C)/C(=C\N)CO. The maximum absolute atomic E-state index is 9.11. The standard InChI is InChI=1S/C13H17ClN2OS/c1-10(16(2)13(7-15)8-17)18-9-11-3-5-12(14)6-4-11/h3-7,17H,1,8-9,15H2,2H3/b13-7-. The van der Waals surface area contributed by atoms with Crippen molar-refractivity contribution in [1.29, 1.82) is 0 Å². The van der Waals surface area contributed by atoms with E-state index in [9.17, 15) is 0 Å². The molecule has 3 N–H and O–H groups in total. The van der Waals surface area contributed by atoms with Crippen LogP contribution in [0.5, 0.6) is 0 Å². The summed E-state index contributed by atoms with van der Waals surface area (Å²) in [6, 6.07) is 7.69. The lowest BCUT2D eigenvalue weighted by molar-refractivity contribution is 0.296. The Balaban J connectivity index is 2.53. The second-order valence-electron chi connectivity index (χ2n) is 3.68. The molecule has 98 valence electrons. The van der Waals surface area contributed by atoms with Crippen LogP contribution in [0.1, 0.15) is 5.56 Å². The Morgan fingerprint density at radius 1 is 1.50 bits per heavy atom. The van der Waals surface area contributed by atoms with Crippen LogP contribution in [0.4, 0.5) is 0 Å². The van der Waals surface area contributed by atoms with E-state index in [0.717, 1.165) is 15.8 Å². The van der Waals surface area contributed by atoms with E-state index < -0.39 is 0 Å². The number of aliphatic hydroxyl groups is 1. The van der Waals surface area contributed by atoms with Crippen LogP contribution in [0.15, 0.2) is 47.8 Å². The molecule has 0 saturated heterocycles. The lowest BCUT2D eigenvalue weighted by atomic mass is 10.2. The van der Waals surface area contributed by atoms with Crippen LogP contribution in [0, 0.1) is 0 Å². The second-order valence-corrected chi connectivity index (χ2v) is 5.17. The van der Waals surface area contributed by atoms with Crippen LogP contribution >= 0.6 is 23.4 Å². The number of halogens is 1. The highest BCUT2D eigenvalue weighted by molar-refractivity contribution is 8.02. The smallest absolute Gasteiger partial charge is 0.0847 e. The van der Waals surface area contributed by atoms with Crippen molar-refractivity contribution in [2.24, 2.45) is 5.73 Å². The van der Waals surface area contributed by atoms with Crippen LogP contribution in [0.25, 0.3) is 0 Å². The summed E-state index contributed by atoms with van der Waals surface area (Å²) in [5, 5.41) is 10.7. The predicted molar refractivity (Wildman–Crippen MR) is 79.0 cm³/mol. The van der Waals surface area contributed by atoms with E-state index >= 15 is 0 Å². The van der Waals surface area contributed by atoms with Crippen molar-refractivity contribution in [3.63, 3.8) is 0 Å². The highest BCUT2D eigenvalue weighted by atomic mass is 35.5. The average molecular weight is 285 g/mol. The van der Waals surface area contributed by atoms with E-state index in [1.165, 1.54) is 11.8 Å². The molecule has 0 spiro atoms. The third-order valence-corrected chi connectivity index (χ3v) is 3.81. The molecule has 0 radical (unpaired) electrons. The van der Waals surface area contributed by atoms with Gasteiger partial charge in [-0.1, -0.05) is 30.3 Å². The van der Waals surface area contributed by atoms with Crippen molar-refractivity contribution in [1.82, 2.24) is 4.90 Å². The summed E-state index contributed by atoms with van der Waals surface area (Å²) < 4.78 is 0. The fourth-order valence-corrected chi connectivity index (χ4v) is 2.24. The van der Waals surface area contributed by atoms with Gasteiger partial charge in [0, 0.05) is 24.0 Å². The molecule has 18 heavy (non-hydrogen) atoms. The van der Waals surface area contributed by atoms with E-state index in [1.54, 1.807) is 16.7 Å². The molecular formula is C13H17ClN2OS. The highest BCUT2D eigenvalue weighted by Crippen LogP contribution is 2.25. The van der Waals surface area contributed by atoms with Crippen molar-refractivity contribution in [2.45, 2.75) is 5.75 Å². The third-order valence-electron chi connectivity index (χ3n) is 2.48. The Labute approximate surface area is 117 Å². The molecule has 0 bridgehead atoms. The number of nitrogens with two attached hydrogens (primary N) is 1. The lowest BCUT2D eigenvalue weighted by Crippen LogP contribution is -2.18. The quantitative estimate of drug-likeness (QED) is 0.843. The summed E-state index contributed by atoms with van der Waals surface area (Å²) in [5.41, 5.74) is 7.21. The summed E-state index contributed by atoms with van der Waals surface area (Å²) in [5.74, 6) is 0.795. The lowest BCUT2D eigenvalue weighted by Gasteiger charge is -2.22. The number of hydrogen-bond acceptors (Lipinski definition) is 4. The summed E-state index contributed by atoms with van der Waals surface area (Å²) in [6.07, 6.45) is 1.38. The van der Waals surface area contributed by atoms with Gasteiger partial charge in [0.05, 0.1) is 17.3 Å². The Bertz CT molecular complexity index is 431. The van der Waals surface area contributed by atoms with Gasteiger partial charge in [-0.15, -0.1) is 11.8 Å². The van der Waals surface area contributed by atoms with Crippen LogP contribution in [-0.4, -0.2) is 23.7 Å². The highest BCUT2D eigenvalue weighted by Gasteiger charge is 2.07. The van der Waals surface area contributed by atoms with Crippen LogP contribution < -0.4 is 5.73 Å². The van der Waals surface area contributed by atoms with Crippen LogP contribution in [0.2, 0.25) is 5.02 Å². The van der Waals surface area contributed by atoms with Gasteiger partial charge >= 0.3 is 0 Å². The number of rotatable bonds is 6. The fraction of sp³-hybridized carbons (Fsp3) is 0.231. The molecule has 0 aliphatic heterocycles. The van der Waals surface area contributed by atoms with E-state index in [-0.39, 0.29) is 6.61 Å². The normalized spacial score (nSPS) is 11.4. The molecule has 0 atom stereocenters. The average Bonchev–Trinajstić information content (AvgIpc) is 2.39. The van der Waals surface area contributed by atoms with Crippen molar-refractivity contribution < 1.29 is 5.11 Å². The number of likely N-dealkylation sites (N-methyl/N-ethyl adjacent to an activating group) is 1. The number of thioether (sulfide) groups is 1. The van der Waals surface area contributed by atoms with Gasteiger partial charge < -0.3 is 15.7 Å². The number of aliphatic hydroxyl groups excluding tert-OH is 1. The Hall–Kier alpha value is -1.10. The molecule has 0 saturated carbocycles. The van der Waals surface area contributed by atoms with E-state index in [4.69, 9.17) is 22.4 Å². The molecule has 0 amide bonds. The minimum Gasteiger partial charge on any atom is -0.403 e. The summed E-state index contributed by atoms with van der Waals surface area (Å²) >= 11 is 7.41. The topological polar surface area (TPSA) is 49.5 Å². The molecule has 0 aliphatic rings. The number of nitrogens with zero attached hydrogens (tertiary/aromatic N) is 1. The zero-order valence-electron chi connectivity index (χ0n) is 10.3. The molecule has 1 aromatic carbocycles. The van der Waals surface area contributed by atoms with E-state index in [2.05, 4.69) is 6.58 Å². The number of benzene rings is 1. The first-order valence-corrected chi connectivity index (χ1v) is 6.76. The van der Waals surface area contributed by atoms with Crippen molar-refractivity contribution >= 4 is 23.4 Å². The fourth-order valence-electron chi connectivity index (χ4n) is 1.27. The summed E-state index contributed by atoms with van der Waals surface area (Å²) in [7, 11) is 1.83. The molecule has 0 fully saturated rings. The van der Waals surface area contributed by atoms with Gasteiger partial charge in [-0.3, -0.25) is 0 Å². The molecule has 0 unspecified atom stereocenters. The van der Waals surface area contributed by atoms with Gasteiger partial charge in [-0.05, 0) is 17.7 Å². The van der Waals surface area contributed by atoms with E-state index in [1.807, 2.05) is 31.3 Å². The molecule has 0 aliphatic carbocycles. The van der Waals surface area contributed by atoms with Gasteiger partial charge in [-0.2, -0.15) is 0 Å². The first kappa shape index (κ1) is 15.0. The minimum atomic E-state index is -0.104. The molecule has 1 rings (SSSR count). The van der Waals surface area contributed by atoms with Crippen molar-refractivity contribution in [3.05, 3.63) is 58.4 Å². The molecule has 3 nitrogen and oxygen atoms in total. The molecule has 0 aromatic heterocycles. The van der Waals surface area contributed by atoms with Crippen molar-refractivity contribution in [3.8, 4) is 0 Å². The van der Waals surface area contributed by atoms with Gasteiger partial charge in [0.15, 0.2) is 0 Å². The first-order valence-electron chi connectivity index (χ1n) is 5.40. The van der Waals surface area contributed by atoms with Gasteiger partial charge in [0.1, 0.15) is 0 Å². The maximum Gasteiger partial charge on any atom is 0.0847 e. The van der Waals surface area contributed by atoms with Gasteiger partial charge in [0.25, 0.3) is 0 Å². The van der Waals surface area contributed by atoms with E-state index in [0.29, 0.717) is 5.70 Å². The summed E-state index contributed by atoms with van der Waals surface area (Å²) in [6.45, 7) is 3.86. The zero-order valence-corrected chi connectivity index (χ0v) is 11.8. The Morgan fingerprint density at radius 2 is 2.11 bits per heavy atom. The Morgan fingerprint density at radius 3 is 2.61 bits per heavy atom. The van der Waals surface area contributed by atoms with Crippen LogP contribution in [0.3, 0.4) is 0 Å². The molecular weight excluding hydrogens is 268 g/mol. The van der Waals surface area contributed by atoms with Gasteiger partial charge in [-0.25, -0.2) is 0 Å². The predicted octanol–water partition coefficient (Wildman–Crippen LogP) is 2.77.